The summed E-state index contributed by atoms with van der Waals surface area (Å²) in [5.74, 6) is -0.794. The predicted octanol–water partition coefficient (Wildman–Crippen LogP) is 5.15. The van der Waals surface area contributed by atoms with E-state index in [4.69, 9.17) is 9.84 Å². The predicted molar refractivity (Wildman–Crippen MR) is 139 cm³/mol. The molecule has 0 bridgehead atoms. The Morgan fingerprint density at radius 1 is 1.03 bits per heavy atom. The summed E-state index contributed by atoms with van der Waals surface area (Å²) >= 11 is 1.17. The van der Waals surface area contributed by atoms with Crippen molar-refractivity contribution in [1.82, 2.24) is 5.01 Å². The lowest BCUT2D eigenvalue weighted by Gasteiger charge is -2.23. The lowest BCUT2D eigenvalue weighted by atomic mass is 9.98. The topological polar surface area (TPSA) is 83.4 Å². The fourth-order valence-corrected chi connectivity index (χ4v) is 5.17. The summed E-state index contributed by atoms with van der Waals surface area (Å²) in [5, 5.41) is 8.77. The van der Waals surface area contributed by atoms with E-state index >= 15 is 0 Å². The number of aliphatic imine (C=N–C) groups is 1. The van der Waals surface area contributed by atoms with Gasteiger partial charge in [-0.1, -0.05) is 36.0 Å². The Morgan fingerprint density at radius 2 is 1.68 bits per heavy atom. The first-order valence-corrected chi connectivity index (χ1v) is 12.4. The van der Waals surface area contributed by atoms with Gasteiger partial charge in [-0.3, -0.25) is 9.59 Å². The Bertz CT molecular complexity index is 1380. The second-order valence-electron chi connectivity index (χ2n) is 8.49. The van der Waals surface area contributed by atoms with Crippen LogP contribution in [0, 0.1) is 11.6 Å². The second kappa shape index (κ2) is 10.5. The molecule has 0 aliphatic carbocycles. The van der Waals surface area contributed by atoms with Gasteiger partial charge in [0.15, 0.2) is 5.17 Å². The maximum Gasteiger partial charge on any atom is 0.262 e. The van der Waals surface area contributed by atoms with Crippen LogP contribution >= 0.6 is 11.8 Å². The van der Waals surface area contributed by atoms with Gasteiger partial charge in [-0.2, -0.15) is 10.1 Å². The van der Waals surface area contributed by atoms with E-state index in [9.17, 15) is 18.4 Å². The van der Waals surface area contributed by atoms with Gasteiger partial charge in [-0.05, 0) is 59.7 Å². The van der Waals surface area contributed by atoms with Gasteiger partial charge in [0.05, 0.1) is 18.9 Å². The number of rotatable bonds is 6. The smallest absolute Gasteiger partial charge is 0.262 e. The minimum absolute atomic E-state index is 0.0634. The van der Waals surface area contributed by atoms with Crippen LogP contribution in [0.15, 0.2) is 82.9 Å². The zero-order valence-corrected chi connectivity index (χ0v) is 20.5. The first-order valence-electron chi connectivity index (χ1n) is 11.5. The molecule has 0 saturated heterocycles. The Balaban J connectivity index is 1.33. The number of hydrogen-bond acceptors (Lipinski definition) is 6. The number of hydrogen-bond donors (Lipinski definition) is 1. The molecule has 2 aliphatic rings. The molecule has 2 heterocycles. The third-order valence-corrected chi connectivity index (χ3v) is 7.15. The number of carbonyl (C=O) groups excluding carboxylic acids is 2. The van der Waals surface area contributed by atoms with Gasteiger partial charge in [0.25, 0.3) is 5.91 Å². The Labute approximate surface area is 216 Å². The summed E-state index contributed by atoms with van der Waals surface area (Å²) in [4.78, 5) is 29.5. The number of nitrogens with zero attached hydrogens (tertiary/aromatic N) is 3. The van der Waals surface area contributed by atoms with Crippen LogP contribution in [-0.4, -0.2) is 40.1 Å². The zero-order valence-electron chi connectivity index (χ0n) is 19.7. The van der Waals surface area contributed by atoms with Crippen molar-refractivity contribution in [3.63, 3.8) is 0 Å². The normalized spacial score (nSPS) is 19.0. The van der Waals surface area contributed by atoms with E-state index in [1.165, 1.54) is 36.0 Å². The number of amidine groups is 1. The number of nitrogens with one attached hydrogen (secondary N) is 1. The molecule has 3 aromatic rings. The van der Waals surface area contributed by atoms with Crippen LogP contribution in [-0.2, 0) is 9.59 Å². The molecule has 10 heteroatoms. The highest BCUT2D eigenvalue weighted by Gasteiger charge is 2.39. The van der Waals surface area contributed by atoms with E-state index in [-0.39, 0.29) is 30.0 Å². The molecule has 2 aliphatic heterocycles. The van der Waals surface area contributed by atoms with Crippen LogP contribution in [0.5, 0.6) is 5.75 Å². The van der Waals surface area contributed by atoms with Crippen LogP contribution in [0.4, 0.5) is 14.5 Å². The minimum Gasteiger partial charge on any atom is -0.497 e. The quantitative estimate of drug-likeness (QED) is 0.486. The second-order valence-corrected chi connectivity index (χ2v) is 9.66. The molecule has 1 N–H and O–H groups in total. The van der Waals surface area contributed by atoms with Crippen LogP contribution in [0.3, 0.4) is 0 Å². The van der Waals surface area contributed by atoms with Crippen molar-refractivity contribution in [1.29, 1.82) is 0 Å². The minimum atomic E-state index is -0.702. The molecule has 188 valence electrons. The third-order valence-electron chi connectivity index (χ3n) is 6.01. The molecule has 0 fully saturated rings. The number of ether oxygens (including phenoxy) is 1. The molecule has 0 spiro atoms. The average Bonchev–Trinajstić information content (AvgIpc) is 3.49. The van der Waals surface area contributed by atoms with Crippen molar-refractivity contribution in [2.24, 2.45) is 10.1 Å². The van der Waals surface area contributed by atoms with Crippen molar-refractivity contribution in [2.75, 3.05) is 12.4 Å². The van der Waals surface area contributed by atoms with Crippen molar-refractivity contribution >= 4 is 40.1 Å². The number of thioether (sulfide) groups is 1. The number of hydrazone groups is 1. The lowest BCUT2D eigenvalue weighted by Crippen LogP contribution is -2.25. The Morgan fingerprint density at radius 3 is 2.32 bits per heavy atom. The van der Waals surface area contributed by atoms with Gasteiger partial charge in [0.2, 0.25) is 5.91 Å². The molecule has 0 radical (unpaired) electrons. The lowest BCUT2D eigenvalue weighted by molar-refractivity contribution is -0.121. The van der Waals surface area contributed by atoms with E-state index in [1.54, 1.807) is 60.6 Å². The van der Waals surface area contributed by atoms with Crippen molar-refractivity contribution in [2.45, 2.75) is 24.1 Å². The Kier molecular flexibility index (Phi) is 7.00. The Hall–Kier alpha value is -4.05. The highest BCUT2D eigenvalue weighted by molar-refractivity contribution is 8.15. The fraction of sp³-hybridized carbons (Fsp3) is 0.185. The van der Waals surface area contributed by atoms with Crippen molar-refractivity contribution < 1.29 is 23.1 Å². The molecule has 2 atom stereocenters. The SMILES string of the molecule is COc1ccc(NC(=O)CC2SC(N3N=C(c4ccc(F)cc4)CC3c3ccc(F)cc3)=NC2=O)cc1. The highest BCUT2D eigenvalue weighted by Crippen LogP contribution is 2.38. The van der Waals surface area contributed by atoms with E-state index in [0.29, 0.717) is 28.7 Å². The van der Waals surface area contributed by atoms with Gasteiger partial charge in [-0.15, -0.1) is 0 Å². The van der Waals surface area contributed by atoms with E-state index in [0.717, 1.165) is 11.1 Å². The molecular weight excluding hydrogens is 498 g/mol. The van der Waals surface area contributed by atoms with E-state index < -0.39 is 11.2 Å². The molecule has 7 nitrogen and oxygen atoms in total. The maximum absolute atomic E-state index is 13.6. The summed E-state index contributed by atoms with van der Waals surface area (Å²) in [7, 11) is 1.56. The molecule has 2 amide bonds. The molecule has 3 aromatic carbocycles. The summed E-state index contributed by atoms with van der Waals surface area (Å²) < 4.78 is 32.1. The van der Waals surface area contributed by atoms with Gasteiger partial charge in [-0.25, -0.2) is 13.8 Å². The standard InChI is InChI=1S/C27H22F2N4O3S/c1-36-21-12-10-20(11-13-21)30-25(34)15-24-26(35)31-27(37-24)33-23(17-4-8-19(29)9-5-17)14-22(32-33)16-2-6-18(28)7-3-16/h2-13,23-24H,14-15H2,1H3,(H,30,34). The summed E-state index contributed by atoms with van der Waals surface area (Å²) in [5.41, 5.74) is 2.80. The number of amides is 2. The first kappa shape index (κ1) is 24.6. The van der Waals surface area contributed by atoms with Crippen LogP contribution in [0.2, 0.25) is 0 Å². The molecule has 37 heavy (non-hydrogen) atoms. The van der Waals surface area contributed by atoms with Crippen molar-refractivity contribution in [3.05, 3.63) is 95.6 Å². The molecule has 2 unspecified atom stereocenters. The summed E-state index contributed by atoms with van der Waals surface area (Å²) in [6.45, 7) is 0. The largest absolute Gasteiger partial charge is 0.497 e. The number of benzene rings is 3. The van der Waals surface area contributed by atoms with Gasteiger partial charge >= 0.3 is 0 Å². The molecular formula is C27H22F2N4O3S. The first-order chi connectivity index (χ1) is 17.9. The van der Waals surface area contributed by atoms with Crippen LogP contribution in [0.25, 0.3) is 0 Å². The highest BCUT2D eigenvalue weighted by atomic mass is 32.2. The van der Waals surface area contributed by atoms with E-state index in [1.807, 2.05) is 0 Å². The number of methoxy groups -OCH3 is 1. The number of halogens is 2. The fourth-order valence-electron chi connectivity index (χ4n) is 4.11. The molecule has 0 saturated carbocycles. The maximum atomic E-state index is 13.6. The molecule has 0 aromatic heterocycles. The average molecular weight is 521 g/mol. The monoisotopic (exact) mass is 520 g/mol. The van der Waals surface area contributed by atoms with E-state index in [2.05, 4.69) is 10.3 Å². The van der Waals surface area contributed by atoms with Gasteiger partial charge < -0.3 is 10.1 Å². The van der Waals surface area contributed by atoms with Crippen molar-refractivity contribution in [3.8, 4) is 5.75 Å². The molecule has 5 rings (SSSR count). The van der Waals surface area contributed by atoms with Gasteiger partial charge in [0, 0.05) is 18.5 Å². The number of carbonyl (C=O) groups is 2. The number of anilines is 1. The summed E-state index contributed by atoms with van der Waals surface area (Å²) in [6, 6.07) is 18.6. The van der Waals surface area contributed by atoms with Crippen LogP contribution in [0.1, 0.15) is 30.0 Å². The van der Waals surface area contributed by atoms with Gasteiger partial charge in [0.1, 0.15) is 22.6 Å². The summed E-state index contributed by atoms with van der Waals surface area (Å²) in [6.07, 6.45) is 0.389. The zero-order chi connectivity index (χ0) is 25.9. The van der Waals surface area contributed by atoms with Crippen LogP contribution < -0.4 is 10.1 Å². The third kappa shape index (κ3) is 5.54.